The number of ether oxygens (including phenoxy) is 4. The summed E-state index contributed by atoms with van der Waals surface area (Å²) in [5.41, 5.74) is 2.18. The topological polar surface area (TPSA) is 54.0 Å². The second-order valence-corrected chi connectivity index (χ2v) is 5.54. The molecule has 1 atom stereocenters. The van der Waals surface area contributed by atoms with E-state index in [1.807, 2.05) is 60.7 Å². The van der Waals surface area contributed by atoms with Crippen molar-refractivity contribution in [1.29, 1.82) is 0 Å². The summed E-state index contributed by atoms with van der Waals surface area (Å²) in [6.45, 7) is 2.92. The van der Waals surface area contributed by atoms with Crippen molar-refractivity contribution >= 4 is 5.97 Å². The third-order valence-electron chi connectivity index (χ3n) is 3.39. The molecule has 134 valence electrons. The first-order valence-corrected chi connectivity index (χ1v) is 8.22. The molecule has 0 aromatic heterocycles. The van der Waals surface area contributed by atoms with Gasteiger partial charge in [-0.3, -0.25) is 4.79 Å². The van der Waals surface area contributed by atoms with Gasteiger partial charge in [-0.05, 0) is 11.1 Å². The Bertz CT molecular complexity index is 600. The average Bonchev–Trinajstić information content (AvgIpc) is 2.64. The number of carbonyl (C=O) groups is 1. The Morgan fingerprint density at radius 3 is 2.00 bits per heavy atom. The highest BCUT2D eigenvalue weighted by atomic mass is 16.7. The Morgan fingerprint density at radius 1 is 0.840 bits per heavy atom. The van der Waals surface area contributed by atoms with Crippen LogP contribution in [0.2, 0.25) is 0 Å². The second kappa shape index (κ2) is 11.4. The van der Waals surface area contributed by atoms with E-state index in [9.17, 15) is 4.79 Å². The highest BCUT2D eigenvalue weighted by molar-refractivity contribution is 5.65. The minimum Gasteiger partial charge on any atom is -0.439 e. The van der Waals surface area contributed by atoms with Gasteiger partial charge in [-0.2, -0.15) is 0 Å². The van der Waals surface area contributed by atoms with Crippen LogP contribution in [0.3, 0.4) is 0 Å². The Labute approximate surface area is 148 Å². The molecular formula is C20H24O5. The lowest BCUT2D eigenvalue weighted by Gasteiger charge is -2.18. The van der Waals surface area contributed by atoms with Crippen molar-refractivity contribution in [2.24, 2.45) is 0 Å². The van der Waals surface area contributed by atoms with E-state index in [0.29, 0.717) is 19.8 Å². The van der Waals surface area contributed by atoms with Gasteiger partial charge in [0.15, 0.2) is 6.79 Å². The van der Waals surface area contributed by atoms with Crippen LogP contribution in [0.1, 0.15) is 18.1 Å². The van der Waals surface area contributed by atoms with Gasteiger partial charge in [0.25, 0.3) is 0 Å². The Morgan fingerprint density at radius 2 is 1.40 bits per heavy atom. The molecule has 0 saturated heterocycles. The van der Waals surface area contributed by atoms with E-state index in [0.717, 1.165) is 11.1 Å². The van der Waals surface area contributed by atoms with Crippen molar-refractivity contribution in [1.82, 2.24) is 0 Å². The molecule has 5 nitrogen and oxygen atoms in total. The number of rotatable bonds is 11. The molecule has 2 rings (SSSR count). The van der Waals surface area contributed by atoms with Crippen LogP contribution in [-0.2, 0) is 37.0 Å². The van der Waals surface area contributed by atoms with Crippen LogP contribution in [0.4, 0.5) is 0 Å². The largest absolute Gasteiger partial charge is 0.439 e. The van der Waals surface area contributed by atoms with E-state index in [1.165, 1.54) is 6.92 Å². The average molecular weight is 344 g/mol. The van der Waals surface area contributed by atoms with Gasteiger partial charge in [0, 0.05) is 6.92 Å². The Hall–Kier alpha value is -2.21. The van der Waals surface area contributed by atoms with Gasteiger partial charge in [-0.15, -0.1) is 0 Å². The molecule has 0 saturated carbocycles. The normalized spacial score (nSPS) is 11.9. The second-order valence-electron chi connectivity index (χ2n) is 5.54. The zero-order valence-electron chi connectivity index (χ0n) is 14.4. The van der Waals surface area contributed by atoms with Crippen LogP contribution in [-0.4, -0.2) is 32.1 Å². The van der Waals surface area contributed by atoms with Crippen LogP contribution in [0, 0.1) is 0 Å². The number of esters is 1. The molecule has 0 fully saturated rings. The van der Waals surface area contributed by atoms with E-state index in [1.54, 1.807) is 0 Å². The van der Waals surface area contributed by atoms with Crippen molar-refractivity contribution in [3.8, 4) is 0 Å². The lowest BCUT2D eigenvalue weighted by Crippen LogP contribution is -2.26. The molecule has 0 radical (unpaired) electrons. The number of hydrogen-bond acceptors (Lipinski definition) is 5. The molecule has 0 spiro atoms. The highest BCUT2D eigenvalue weighted by Crippen LogP contribution is 2.07. The van der Waals surface area contributed by atoms with Gasteiger partial charge >= 0.3 is 5.97 Å². The summed E-state index contributed by atoms with van der Waals surface area (Å²) in [6.07, 6.45) is -0.250. The van der Waals surface area contributed by atoms with E-state index in [-0.39, 0.29) is 25.5 Å². The molecule has 2 aromatic rings. The molecule has 1 unspecified atom stereocenters. The van der Waals surface area contributed by atoms with Crippen molar-refractivity contribution in [2.45, 2.75) is 26.2 Å². The molecule has 0 amide bonds. The first-order valence-electron chi connectivity index (χ1n) is 8.22. The van der Waals surface area contributed by atoms with Crippen molar-refractivity contribution in [3.63, 3.8) is 0 Å². The van der Waals surface area contributed by atoms with Crippen molar-refractivity contribution in [2.75, 3.05) is 20.0 Å². The van der Waals surface area contributed by atoms with Crippen molar-refractivity contribution in [3.05, 3.63) is 71.8 Å². The van der Waals surface area contributed by atoms with Gasteiger partial charge in [0.05, 0.1) is 26.4 Å². The first-order chi connectivity index (χ1) is 12.2. The van der Waals surface area contributed by atoms with Crippen LogP contribution >= 0.6 is 0 Å². The maximum atomic E-state index is 10.8. The molecule has 0 bridgehead atoms. The fraction of sp³-hybridized carbons (Fsp3) is 0.350. The smallest absolute Gasteiger partial charge is 0.304 e. The van der Waals surface area contributed by atoms with Crippen molar-refractivity contribution < 1.29 is 23.7 Å². The molecule has 0 aliphatic carbocycles. The number of benzene rings is 2. The minimum atomic E-state index is -0.373. The molecular weight excluding hydrogens is 320 g/mol. The number of hydrogen-bond donors (Lipinski definition) is 0. The summed E-state index contributed by atoms with van der Waals surface area (Å²) in [7, 11) is 0. The third kappa shape index (κ3) is 8.44. The van der Waals surface area contributed by atoms with E-state index >= 15 is 0 Å². The molecule has 0 heterocycles. The predicted octanol–water partition coefficient (Wildman–Crippen LogP) is 3.33. The maximum Gasteiger partial charge on any atom is 0.304 e. The fourth-order valence-electron chi connectivity index (χ4n) is 2.12. The fourth-order valence-corrected chi connectivity index (χ4v) is 2.12. The lowest BCUT2D eigenvalue weighted by atomic mass is 10.2. The van der Waals surface area contributed by atoms with Gasteiger partial charge in [0.1, 0.15) is 6.10 Å². The summed E-state index contributed by atoms with van der Waals surface area (Å²) in [4.78, 5) is 10.8. The van der Waals surface area contributed by atoms with E-state index in [4.69, 9.17) is 18.9 Å². The van der Waals surface area contributed by atoms with Gasteiger partial charge in [-0.25, -0.2) is 0 Å². The molecule has 0 aliphatic rings. The van der Waals surface area contributed by atoms with Gasteiger partial charge in [-0.1, -0.05) is 60.7 Å². The summed E-state index contributed by atoms with van der Waals surface area (Å²) in [5.74, 6) is -0.373. The van der Waals surface area contributed by atoms with Crippen LogP contribution < -0.4 is 0 Å². The standard InChI is InChI=1S/C20H24O5/c1-17(21)25-16-23-15-20(24-13-19-10-6-3-7-11-19)14-22-12-18-8-4-2-5-9-18/h2-11,20H,12-16H2,1H3. The Balaban J connectivity index is 1.76. The van der Waals surface area contributed by atoms with Gasteiger partial charge in [0.2, 0.25) is 0 Å². The zero-order chi connectivity index (χ0) is 17.7. The lowest BCUT2D eigenvalue weighted by molar-refractivity contribution is -0.159. The zero-order valence-corrected chi connectivity index (χ0v) is 14.4. The van der Waals surface area contributed by atoms with Crippen LogP contribution in [0.25, 0.3) is 0 Å². The highest BCUT2D eigenvalue weighted by Gasteiger charge is 2.11. The van der Waals surface area contributed by atoms with Gasteiger partial charge < -0.3 is 18.9 Å². The third-order valence-corrected chi connectivity index (χ3v) is 3.39. The molecule has 25 heavy (non-hydrogen) atoms. The van der Waals surface area contributed by atoms with E-state index in [2.05, 4.69) is 0 Å². The predicted molar refractivity (Wildman–Crippen MR) is 93.7 cm³/mol. The first kappa shape index (κ1) is 19.1. The summed E-state index contributed by atoms with van der Waals surface area (Å²) >= 11 is 0. The molecule has 2 aromatic carbocycles. The number of carbonyl (C=O) groups excluding carboxylic acids is 1. The van der Waals surface area contributed by atoms with Crippen LogP contribution in [0.15, 0.2) is 60.7 Å². The van der Waals surface area contributed by atoms with Crippen LogP contribution in [0.5, 0.6) is 0 Å². The SMILES string of the molecule is CC(=O)OCOCC(COCc1ccccc1)OCc1ccccc1. The summed E-state index contributed by atoms with van der Waals surface area (Å²) in [5, 5.41) is 0. The quantitative estimate of drug-likeness (QED) is 0.356. The maximum absolute atomic E-state index is 10.8. The summed E-state index contributed by atoms with van der Waals surface area (Å²) in [6, 6.07) is 19.9. The van der Waals surface area contributed by atoms with E-state index < -0.39 is 0 Å². The molecule has 5 heteroatoms. The monoisotopic (exact) mass is 344 g/mol. The minimum absolute atomic E-state index is 0.0841. The summed E-state index contributed by atoms with van der Waals surface area (Å²) < 4.78 is 21.7. The molecule has 0 aliphatic heterocycles. The Kier molecular flexibility index (Phi) is 8.69. The molecule has 0 N–H and O–H groups in total.